The van der Waals surface area contributed by atoms with Crippen molar-refractivity contribution in [2.24, 2.45) is 0 Å². The fourth-order valence-corrected chi connectivity index (χ4v) is 2.38. The molecule has 0 spiro atoms. The van der Waals surface area contributed by atoms with Gasteiger partial charge in [-0.2, -0.15) is 0 Å². The van der Waals surface area contributed by atoms with E-state index in [4.69, 9.17) is 0 Å². The van der Waals surface area contributed by atoms with Crippen LogP contribution in [0, 0.1) is 0 Å². The van der Waals surface area contributed by atoms with Crippen LogP contribution in [0.2, 0.25) is 0 Å². The molecule has 1 aromatic carbocycles. The van der Waals surface area contributed by atoms with Gasteiger partial charge in [-0.05, 0) is 5.56 Å². The first-order chi connectivity index (χ1) is 8.63. The van der Waals surface area contributed by atoms with E-state index < -0.39 is 24.4 Å². The van der Waals surface area contributed by atoms with Crippen LogP contribution >= 0.6 is 0 Å². The molecule has 18 heavy (non-hydrogen) atoms. The summed E-state index contributed by atoms with van der Waals surface area (Å²) in [5, 5.41) is 38.4. The summed E-state index contributed by atoms with van der Waals surface area (Å²) in [6.45, 7) is 0.503. The normalized spacial score (nSPS) is 33.6. The summed E-state index contributed by atoms with van der Waals surface area (Å²) in [6.07, 6.45) is -3.33. The molecular formula is C13H19NO4. The Morgan fingerprint density at radius 3 is 2.33 bits per heavy atom. The Morgan fingerprint density at radius 2 is 1.72 bits per heavy atom. The summed E-state index contributed by atoms with van der Waals surface area (Å²) in [4.78, 5) is 1.79. The summed E-state index contributed by atoms with van der Waals surface area (Å²) in [6, 6.07) is 9.07. The van der Waals surface area contributed by atoms with Crippen LogP contribution in [0.5, 0.6) is 0 Å². The van der Waals surface area contributed by atoms with Crippen LogP contribution in [0.4, 0.5) is 0 Å². The average Bonchev–Trinajstić information content (AvgIpc) is 2.38. The lowest BCUT2D eigenvalue weighted by molar-refractivity contribution is -0.147. The van der Waals surface area contributed by atoms with E-state index in [1.54, 1.807) is 4.90 Å². The molecule has 1 aliphatic rings. The van der Waals surface area contributed by atoms with Crippen molar-refractivity contribution in [3.05, 3.63) is 35.9 Å². The van der Waals surface area contributed by atoms with E-state index in [9.17, 15) is 20.4 Å². The van der Waals surface area contributed by atoms with Gasteiger partial charge in [0, 0.05) is 13.1 Å². The number of hydrogen-bond donors (Lipinski definition) is 4. The molecule has 1 heterocycles. The molecule has 0 amide bonds. The maximum absolute atomic E-state index is 9.84. The first-order valence-electron chi connectivity index (χ1n) is 6.06. The third-order valence-corrected chi connectivity index (χ3v) is 3.44. The highest BCUT2D eigenvalue weighted by atomic mass is 16.4. The number of likely N-dealkylation sites (tertiary alicyclic amines) is 1. The van der Waals surface area contributed by atoms with Crippen molar-refractivity contribution < 1.29 is 20.4 Å². The SMILES string of the molecule is OCC1[C@@H](O)C(O)C(O)CN1Cc1ccccc1. The lowest BCUT2D eigenvalue weighted by Crippen LogP contribution is -2.62. The smallest absolute Gasteiger partial charge is 0.109 e. The zero-order valence-corrected chi connectivity index (χ0v) is 10.1. The predicted octanol–water partition coefficient (Wildman–Crippen LogP) is -1.05. The van der Waals surface area contributed by atoms with Gasteiger partial charge in [0.25, 0.3) is 0 Å². The number of piperidine rings is 1. The van der Waals surface area contributed by atoms with Gasteiger partial charge >= 0.3 is 0 Å². The molecule has 3 unspecified atom stereocenters. The Bertz CT molecular complexity index is 373. The number of β-amino-alcohol motifs (C(OH)–C–C–N with tert-alkyl or cyclic N) is 1. The molecule has 5 nitrogen and oxygen atoms in total. The maximum Gasteiger partial charge on any atom is 0.109 e. The van der Waals surface area contributed by atoms with Gasteiger partial charge in [0.1, 0.15) is 12.2 Å². The van der Waals surface area contributed by atoms with E-state index in [1.807, 2.05) is 30.3 Å². The lowest BCUT2D eigenvalue weighted by atomic mass is 9.94. The monoisotopic (exact) mass is 253 g/mol. The van der Waals surface area contributed by atoms with Crippen LogP contribution in [0.25, 0.3) is 0 Å². The third-order valence-electron chi connectivity index (χ3n) is 3.44. The topological polar surface area (TPSA) is 84.2 Å². The second-order valence-electron chi connectivity index (χ2n) is 4.71. The standard InChI is InChI=1S/C13H19NO4/c15-8-10-12(17)13(18)11(16)7-14(10)6-9-4-2-1-3-5-9/h1-5,10-13,15-18H,6-8H2/t10?,11?,12-,13?/m1/s1. The van der Waals surface area contributed by atoms with Crippen LogP contribution in [0.15, 0.2) is 30.3 Å². The van der Waals surface area contributed by atoms with E-state index in [0.29, 0.717) is 6.54 Å². The molecule has 0 aliphatic carbocycles. The van der Waals surface area contributed by atoms with E-state index in [-0.39, 0.29) is 13.2 Å². The summed E-state index contributed by atoms with van der Waals surface area (Å²) in [5.41, 5.74) is 1.03. The van der Waals surface area contributed by atoms with Crippen molar-refractivity contribution in [2.45, 2.75) is 30.9 Å². The minimum atomic E-state index is -1.20. The Kier molecular flexibility index (Phi) is 4.31. The van der Waals surface area contributed by atoms with E-state index in [1.165, 1.54) is 0 Å². The highest BCUT2D eigenvalue weighted by molar-refractivity contribution is 5.15. The molecule has 0 aromatic heterocycles. The number of hydrogen-bond acceptors (Lipinski definition) is 5. The van der Waals surface area contributed by atoms with Crippen LogP contribution in [-0.4, -0.2) is 62.8 Å². The molecule has 0 saturated carbocycles. The fraction of sp³-hybridized carbons (Fsp3) is 0.538. The molecule has 5 heteroatoms. The Balaban J connectivity index is 2.10. The minimum Gasteiger partial charge on any atom is -0.395 e. The van der Waals surface area contributed by atoms with Crippen LogP contribution in [-0.2, 0) is 6.54 Å². The van der Waals surface area contributed by atoms with Gasteiger partial charge in [-0.25, -0.2) is 0 Å². The molecule has 0 radical (unpaired) electrons. The predicted molar refractivity (Wildman–Crippen MR) is 65.7 cm³/mol. The molecule has 1 saturated heterocycles. The lowest BCUT2D eigenvalue weighted by Gasteiger charge is -2.43. The summed E-state index contributed by atoms with van der Waals surface area (Å²) in [5.74, 6) is 0. The first-order valence-corrected chi connectivity index (χ1v) is 6.06. The molecular weight excluding hydrogens is 234 g/mol. The highest BCUT2D eigenvalue weighted by Crippen LogP contribution is 2.21. The van der Waals surface area contributed by atoms with Crippen molar-refractivity contribution in [1.82, 2.24) is 4.90 Å². The van der Waals surface area contributed by atoms with Crippen molar-refractivity contribution >= 4 is 0 Å². The Morgan fingerprint density at radius 1 is 1.06 bits per heavy atom. The van der Waals surface area contributed by atoms with Crippen LogP contribution in [0.3, 0.4) is 0 Å². The van der Waals surface area contributed by atoms with E-state index in [0.717, 1.165) is 5.56 Å². The number of rotatable bonds is 3. The van der Waals surface area contributed by atoms with Gasteiger partial charge in [-0.1, -0.05) is 30.3 Å². The second-order valence-corrected chi connectivity index (χ2v) is 4.71. The van der Waals surface area contributed by atoms with Crippen LogP contribution < -0.4 is 0 Å². The van der Waals surface area contributed by atoms with Gasteiger partial charge in [-0.15, -0.1) is 0 Å². The quantitative estimate of drug-likeness (QED) is 0.552. The van der Waals surface area contributed by atoms with Crippen molar-refractivity contribution in [3.63, 3.8) is 0 Å². The van der Waals surface area contributed by atoms with Gasteiger partial charge < -0.3 is 20.4 Å². The highest BCUT2D eigenvalue weighted by Gasteiger charge is 2.40. The summed E-state index contributed by atoms with van der Waals surface area (Å²) < 4.78 is 0. The third kappa shape index (κ3) is 2.71. The number of aliphatic hydroxyl groups is 4. The van der Waals surface area contributed by atoms with Crippen LogP contribution in [0.1, 0.15) is 5.56 Å². The van der Waals surface area contributed by atoms with Gasteiger partial charge in [0.2, 0.25) is 0 Å². The summed E-state index contributed by atoms with van der Waals surface area (Å²) >= 11 is 0. The maximum atomic E-state index is 9.84. The van der Waals surface area contributed by atoms with Crippen molar-refractivity contribution in [1.29, 1.82) is 0 Å². The van der Waals surface area contributed by atoms with E-state index >= 15 is 0 Å². The molecule has 100 valence electrons. The Labute approximate surface area is 106 Å². The fourth-order valence-electron chi connectivity index (χ4n) is 2.38. The number of benzene rings is 1. The van der Waals surface area contributed by atoms with Gasteiger partial charge in [-0.3, -0.25) is 4.90 Å². The zero-order valence-electron chi connectivity index (χ0n) is 10.1. The van der Waals surface area contributed by atoms with Gasteiger partial charge in [0.15, 0.2) is 0 Å². The molecule has 4 N–H and O–H groups in total. The van der Waals surface area contributed by atoms with Gasteiger partial charge in [0.05, 0.1) is 18.8 Å². The van der Waals surface area contributed by atoms with Crippen molar-refractivity contribution in [3.8, 4) is 0 Å². The number of nitrogens with zero attached hydrogens (tertiary/aromatic N) is 1. The van der Waals surface area contributed by atoms with Crippen molar-refractivity contribution in [2.75, 3.05) is 13.2 Å². The molecule has 4 atom stereocenters. The Hall–Kier alpha value is -0.980. The molecule has 1 aromatic rings. The molecule has 2 rings (SSSR count). The summed E-state index contributed by atoms with van der Waals surface area (Å²) in [7, 11) is 0. The second kappa shape index (κ2) is 5.77. The number of aliphatic hydroxyl groups excluding tert-OH is 4. The molecule has 1 aliphatic heterocycles. The molecule has 0 bridgehead atoms. The zero-order chi connectivity index (χ0) is 13.1. The minimum absolute atomic E-state index is 0.234. The first kappa shape index (κ1) is 13.5. The van der Waals surface area contributed by atoms with E-state index in [2.05, 4.69) is 0 Å². The largest absolute Gasteiger partial charge is 0.395 e. The molecule has 1 fully saturated rings. The average molecular weight is 253 g/mol.